The van der Waals surface area contributed by atoms with Crippen LogP contribution < -0.4 is 5.32 Å². The van der Waals surface area contributed by atoms with Gasteiger partial charge in [0.15, 0.2) is 5.65 Å². The van der Waals surface area contributed by atoms with Gasteiger partial charge in [0.1, 0.15) is 0 Å². The molecular weight excluding hydrogens is 390 g/mol. The van der Waals surface area contributed by atoms with Crippen molar-refractivity contribution in [1.82, 2.24) is 19.5 Å². The molecule has 0 aliphatic carbocycles. The molecule has 152 valence electrons. The van der Waals surface area contributed by atoms with Crippen LogP contribution in [0.4, 0.5) is 5.69 Å². The summed E-state index contributed by atoms with van der Waals surface area (Å²) in [4.78, 5) is 30.7. The minimum Gasteiger partial charge on any atom is -0.345 e. The number of hydrogen-bond acceptors (Lipinski definition) is 4. The number of nitrogens with zero attached hydrogens (tertiary/aromatic N) is 4. The number of aryl methyl sites for hydroxylation is 3. The van der Waals surface area contributed by atoms with E-state index in [0.717, 1.165) is 28.3 Å². The highest BCUT2D eigenvalue weighted by Gasteiger charge is 2.15. The lowest BCUT2D eigenvalue weighted by atomic mass is 10.1. The van der Waals surface area contributed by atoms with Gasteiger partial charge < -0.3 is 10.2 Å². The SMILES string of the molecule is Cc1cc2nc(C)c(CCC(=O)Nc3ccc(Cl)c(C(=O)N(C)C)c3)c(C)n2n1. The Morgan fingerprint density at radius 1 is 1.17 bits per heavy atom. The first-order valence-electron chi connectivity index (χ1n) is 9.31. The molecule has 8 heteroatoms. The third kappa shape index (κ3) is 4.40. The highest BCUT2D eigenvalue weighted by atomic mass is 35.5. The molecule has 1 N–H and O–H groups in total. The van der Waals surface area contributed by atoms with Crippen LogP contribution in [0.25, 0.3) is 5.65 Å². The zero-order valence-corrected chi connectivity index (χ0v) is 18.0. The molecule has 0 aliphatic heterocycles. The number of nitrogens with one attached hydrogen (secondary N) is 1. The number of anilines is 1. The van der Waals surface area contributed by atoms with E-state index in [9.17, 15) is 9.59 Å². The van der Waals surface area contributed by atoms with Crippen LogP contribution in [0.3, 0.4) is 0 Å². The molecule has 0 atom stereocenters. The van der Waals surface area contributed by atoms with E-state index < -0.39 is 0 Å². The quantitative estimate of drug-likeness (QED) is 0.693. The molecule has 7 nitrogen and oxygen atoms in total. The maximum atomic E-state index is 12.5. The standard InChI is InChI=1S/C21H24ClN5O2/c1-12-10-19-23-13(2)16(14(3)27(19)25-12)7-9-20(28)24-15-6-8-18(22)17(11-15)21(29)26(4)5/h6,8,10-11H,7,9H2,1-5H3,(H,24,28). The van der Waals surface area contributed by atoms with Crippen molar-refractivity contribution >= 4 is 34.7 Å². The van der Waals surface area contributed by atoms with Crippen molar-refractivity contribution in [3.05, 3.63) is 57.5 Å². The Morgan fingerprint density at radius 2 is 1.90 bits per heavy atom. The maximum absolute atomic E-state index is 12.5. The normalized spacial score (nSPS) is 11.0. The second kappa shape index (κ2) is 8.21. The van der Waals surface area contributed by atoms with Crippen molar-refractivity contribution in [3.63, 3.8) is 0 Å². The van der Waals surface area contributed by atoms with Crippen LogP contribution in [0.2, 0.25) is 5.02 Å². The zero-order valence-electron chi connectivity index (χ0n) is 17.2. The smallest absolute Gasteiger partial charge is 0.254 e. The Labute approximate surface area is 174 Å². The molecule has 1 aromatic carbocycles. The molecule has 3 aromatic rings. The van der Waals surface area contributed by atoms with Crippen LogP contribution in [-0.2, 0) is 11.2 Å². The van der Waals surface area contributed by atoms with Crippen molar-refractivity contribution < 1.29 is 9.59 Å². The molecule has 0 unspecified atom stereocenters. The van der Waals surface area contributed by atoms with Crippen molar-refractivity contribution in [2.45, 2.75) is 33.6 Å². The minimum absolute atomic E-state index is 0.147. The van der Waals surface area contributed by atoms with Gasteiger partial charge in [0.05, 0.1) is 16.3 Å². The van der Waals surface area contributed by atoms with Gasteiger partial charge in [-0.1, -0.05) is 11.6 Å². The van der Waals surface area contributed by atoms with Crippen LogP contribution in [0.1, 0.15) is 39.4 Å². The largest absolute Gasteiger partial charge is 0.345 e. The molecule has 2 aromatic heterocycles. The second-order valence-electron chi connectivity index (χ2n) is 7.26. The Balaban J connectivity index is 1.73. The summed E-state index contributed by atoms with van der Waals surface area (Å²) < 4.78 is 1.81. The molecule has 29 heavy (non-hydrogen) atoms. The van der Waals surface area contributed by atoms with E-state index in [-0.39, 0.29) is 18.2 Å². The molecule has 2 amide bonds. The topological polar surface area (TPSA) is 79.6 Å². The number of hydrogen-bond donors (Lipinski definition) is 1. The number of amides is 2. The van der Waals surface area contributed by atoms with Gasteiger partial charge in [0, 0.05) is 43.7 Å². The molecule has 0 saturated carbocycles. The summed E-state index contributed by atoms with van der Waals surface area (Å²) in [6, 6.07) is 6.83. The predicted molar refractivity (Wildman–Crippen MR) is 114 cm³/mol. The van der Waals surface area contributed by atoms with Gasteiger partial charge in [0.2, 0.25) is 5.91 Å². The number of rotatable bonds is 5. The fraction of sp³-hybridized carbons (Fsp3) is 0.333. The van der Waals surface area contributed by atoms with E-state index in [2.05, 4.69) is 15.4 Å². The number of aromatic nitrogens is 3. The zero-order chi connectivity index (χ0) is 21.3. The first-order chi connectivity index (χ1) is 13.7. The van der Waals surface area contributed by atoms with Gasteiger partial charge in [-0.15, -0.1) is 0 Å². The van der Waals surface area contributed by atoms with Crippen molar-refractivity contribution in [1.29, 1.82) is 0 Å². The molecule has 0 fully saturated rings. The average molecular weight is 414 g/mol. The van der Waals surface area contributed by atoms with Crippen molar-refractivity contribution in [2.75, 3.05) is 19.4 Å². The lowest BCUT2D eigenvalue weighted by Gasteiger charge is -2.14. The third-order valence-electron chi connectivity index (χ3n) is 4.77. The lowest BCUT2D eigenvalue weighted by Crippen LogP contribution is -2.22. The van der Waals surface area contributed by atoms with E-state index in [0.29, 0.717) is 22.7 Å². The average Bonchev–Trinajstić information content (AvgIpc) is 3.02. The third-order valence-corrected chi connectivity index (χ3v) is 5.10. The van der Waals surface area contributed by atoms with Gasteiger partial charge in [0.25, 0.3) is 5.91 Å². The first-order valence-corrected chi connectivity index (χ1v) is 9.68. The van der Waals surface area contributed by atoms with Crippen LogP contribution in [0, 0.1) is 20.8 Å². The van der Waals surface area contributed by atoms with Gasteiger partial charge in [-0.3, -0.25) is 9.59 Å². The van der Waals surface area contributed by atoms with Crippen LogP contribution in [0.5, 0.6) is 0 Å². The Kier molecular flexibility index (Phi) is 5.88. The molecule has 0 spiro atoms. The van der Waals surface area contributed by atoms with Gasteiger partial charge in [-0.05, 0) is 51.0 Å². The second-order valence-corrected chi connectivity index (χ2v) is 7.67. The monoisotopic (exact) mass is 413 g/mol. The maximum Gasteiger partial charge on any atom is 0.254 e. The Bertz CT molecular complexity index is 1100. The highest BCUT2D eigenvalue weighted by Crippen LogP contribution is 2.22. The minimum atomic E-state index is -0.216. The van der Waals surface area contributed by atoms with E-state index in [1.807, 2.05) is 31.4 Å². The van der Waals surface area contributed by atoms with Gasteiger partial charge >= 0.3 is 0 Å². The summed E-state index contributed by atoms with van der Waals surface area (Å²) >= 11 is 6.12. The summed E-state index contributed by atoms with van der Waals surface area (Å²) in [7, 11) is 3.31. The summed E-state index contributed by atoms with van der Waals surface area (Å²) in [5.74, 6) is -0.364. The molecule has 0 bridgehead atoms. The van der Waals surface area contributed by atoms with E-state index in [1.54, 1.807) is 32.3 Å². The predicted octanol–water partition coefficient (Wildman–Crippen LogP) is 3.58. The molecule has 2 heterocycles. The summed E-state index contributed by atoms with van der Waals surface area (Å²) in [6.45, 7) is 5.86. The lowest BCUT2D eigenvalue weighted by molar-refractivity contribution is -0.116. The van der Waals surface area contributed by atoms with Crippen LogP contribution >= 0.6 is 11.6 Å². The van der Waals surface area contributed by atoms with Crippen molar-refractivity contribution in [2.24, 2.45) is 0 Å². The van der Waals surface area contributed by atoms with E-state index in [4.69, 9.17) is 11.6 Å². The summed E-state index contributed by atoms with van der Waals surface area (Å²) in [5, 5.41) is 7.65. The number of fused-ring (bicyclic) bond motifs is 1. The van der Waals surface area contributed by atoms with Gasteiger partial charge in [-0.2, -0.15) is 5.10 Å². The summed E-state index contributed by atoms with van der Waals surface area (Å²) in [5.41, 5.74) is 5.49. The summed E-state index contributed by atoms with van der Waals surface area (Å²) in [6.07, 6.45) is 0.830. The van der Waals surface area contributed by atoms with Crippen molar-refractivity contribution in [3.8, 4) is 0 Å². The molecule has 0 aliphatic rings. The molecular formula is C21H24ClN5O2. The first kappa shape index (κ1) is 20.8. The highest BCUT2D eigenvalue weighted by molar-refractivity contribution is 6.34. The molecule has 0 saturated heterocycles. The number of carbonyl (C=O) groups excluding carboxylic acids is 2. The molecule has 3 rings (SSSR count). The van der Waals surface area contributed by atoms with Crippen LogP contribution in [0.15, 0.2) is 24.3 Å². The fourth-order valence-electron chi connectivity index (χ4n) is 3.27. The van der Waals surface area contributed by atoms with E-state index in [1.165, 1.54) is 4.90 Å². The van der Waals surface area contributed by atoms with E-state index >= 15 is 0 Å². The number of carbonyl (C=O) groups is 2. The van der Waals surface area contributed by atoms with Gasteiger partial charge in [-0.25, -0.2) is 9.50 Å². The Morgan fingerprint density at radius 3 is 2.59 bits per heavy atom. The van der Waals surface area contributed by atoms with Crippen LogP contribution in [-0.4, -0.2) is 45.4 Å². The molecule has 0 radical (unpaired) electrons. The number of halogens is 1. The Hall–Kier alpha value is -2.93. The number of benzene rings is 1. The fourth-order valence-corrected chi connectivity index (χ4v) is 3.47.